The van der Waals surface area contributed by atoms with Gasteiger partial charge < -0.3 is 20.3 Å². The van der Waals surface area contributed by atoms with Gasteiger partial charge in [-0.2, -0.15) is 0 Å². The minimum atomic E-state index is 0.0859. The number of ketones is 1. The van der Waals surface area contributed by atoms with E-state index >= 15 is 0 Å². The van der Waals surface area contributed by atoms with Crippen molar-refractivity contribution in [1.82, 2.24) is 10.3 Å². The monoisotopic (exact) mass is 600 g/mol. The summed E-state index contributed by atoms with van der Waals surface area (Å²) < 4.78 is 0.998. The molecule has 5 nitrogen and oxygen atoms in total. The number of benzene rings is 1. The number of hydrogen-bond acceptors (Lipinski definition) is 5. The number of aryl methyl sites for hydroxylation is 2. The molecule has 6 heteroatoms. The molecule has 1 aliphatic heterocycles. The topological polar surface area (TPSA) is 82.5 Å². The van der Waals surface area contributed by atoms with Crippen molar-refractivity contribution in [3.8, 4) is 24.3 Å². The Labute approximate surface area is 245 Å². The molecule has 216 valence electrons. The van der Waals surface area contributed by atoms with E-state index in [0.29, 0.717) is 5.92 Å². The lowest BCUT2D eigenvalue weighted by atomic mass is 9.76. The van der Waals surface area contributed by atoms with Gasteiger partial charge in [0, 0.05) is 28.2 Å². The first-order valence-electron chi connectivity index (χ1n) is 14.5. The molecule has 0 amide bonds. The van der Waals surface area contributed by atoms with Crippen molar-refractivity contribution >= 4 is 21.7 Å². The Morgan fingerprint density at radius 3 is 2.21 bits per heavy atom. The van der Waals surface area contributed by atoms with Crippen molar-refractivity contribution in [3.63, 3.8) is 0 Å². The Hall–Kier alpha value is -2.36. The minimum absolute atomic E-state index is 0.0859. The molecule has 1 aromatic carbocycles. The summed E-state index contributed by atoms with van der Waals surface area (Å²) >= 11 is 3.57. The van der Waals surface area contributed by atoms with Crippen molar-refractivity contribution in [2.45, 2.75) is 104 Å². The van der Waals surface area contributed by atoms with Crippen molar-refractivity contribution < 1.29 is 15.0 Å². The van der Waals surface area contributed by atoms with Crippen LogP contribution in [0.3, 0.4) is 0 Å². The third-order valence-electron chi connectivity index (χ3n) is 6.98. The molecule has 2 heterocycles. The molecule has 2 unspecified atom stereocenters. The van der Waals surface area contributed by atoms with E-state index < -0.39 is 0 Å². The van der Waals surface area contributed by atoms with Crippen molar-refractivity contribution in [1.29, 1.82) is 0 Å². The Morgan fingerprint density at radius 2 is 1.64 bits per heavy atom. The second kappa shape index (κ2) is 19.7. The van der Waals surface area contributed by atoms with Crippen LogP contribution in [0.4, 0.5) is 0 Å². The van der Waals surface area contributed by atoms with Crippen molar-refractivity contribution in [2.75, 3.05) is 13.1 Å². The van der Waals surface area contributed by atoms with Crippen LogP contribution in [0, 0.1) is 18.8 Å². The third kappa shape index (κ3) is 12.1. The molecule has 2 aliphatic rings. The first-order chi connectivity index (χ1) is 18.8. The number of nitrogens with one attached hydrogen (secondary N) is 1. The zero-order chi connectivity index (χ0) is 29.2. The maximum absolute atomic E-state index is 10.8. The molecule has 0 spiro atoms. The SMILES string of the molecule is C#C.C1CCNC1.CC(C)=O.CCCCCCC(CCC)C1c2ncc(Br)cc2CCc2cc(O)cc(O)c21. The largest absolute Gasteiger partial charge is 0.508 e. The van der Waals surface area contributed by atoms with Gasteiger partial charge in [0.25, 0.3) is 0 Å². The smallest absolute Gasteiger partial charge is 0.126 e. The third-order valence-corrected chi connectivity index (χ3v) is 7.42. The Kier molecular flexibility index (Phi) is 17.5. The fourth-order valence-corrected chi connectivity index (χ4v) is 5.77. The van der Waals surface area contributed by atoms with E-state index in [0.717, 1.165) is 53.4 Å². The number of phenolic OH excluding ortho intramolecular Hbond substituents is 2. The number of carbonyl (C=O) groups is 1. The summed E-state index contributed by atoms with van der Waals surface area (Å²) in [6.07, 6.45) is 22.7. The van der Waals surface area contributed by atoms with Crippen LogP contribution in [0.25, 0.3) is 0 Å². The molecule has 1 fully saturated rings. The Bertz CT molecular complexity index is 1010. The zero-order valence-electron chi connectivity index (χ0n) is 24.4. The second-order valence-corrected chi connectivity index (χ2v) is 11.4. The van der Waals surface area contributed by atoms with Gasteiger partial charge in [-0.15, -0.1) is 12.8 Å². The molecule has 0 radical (unpaired) electrons. The first-order valence-corrected chi connectivity index (χ1v) is 15.3. The number of hydrogen-bond donors (Lipinski definition) is 3. The number of rotatable bonds is 8. The second-order valence-electron chi connectivity index (χ2n) is 10.5. The van der Waals surface area contributed by atoms with E-state index in [1.807, 2.05) is 12.3 Å². The first kappa shape index (κ1) is 34.7. The number of aromatic nitrogens is 1. The van der Waals surface area contributed by atoms with Gasteiger partial charge >= 0.3 is 0 Å². The maximum Gasteiger partial charge on any atom is 0.126 e. The van der Waals surface area contributed by atoms with Gasteiger partial charge in [-0.25, -0.2) is 0 Å². The molecular formula is C33H49BrN2O3. The van der Waals surface area contributed by atoms with E-state index in [-0.39, 0.29) is 23.2 Å². The summed E-state index contributed by atoms with van der Waals surface area (Å²) in [5.41, 5.74) is 4.41. The van der Waals surface area contributed by atoms with Crippen LogP contribution in [-0.4, -0.2) is 34.1 Å². The zero-order valence-corrected chi connectivity index (χ0v) is 26.0. The fraction of sp³-hybridized carbons (Fsp3) is 0.576. The number of terminal acetylenes is 1. The van der Waals surface area contributed by atoms with Crippen LogP contribution in [0.1, 0.15) is 114 Å². The number of nitrogens with zero attached hydrogens (tertiary/aromatic N) is 1. The van der Waals surface area contributed by atoms with Gasteiger partial charge in [0.1, 0.15) is 17.3 Å². The molecule has 1 aliphatic carbocycles. The van der Waals surface area contributed by atoms with Crippen LogP contribution in [-0.2, 0) is 17.6 Å². The maximum atomic E-state index is 10.8. The summed E-state index contributed by atoms with van der Waals surface area (Å²) in [6, 6.07) is 5.51. The number of pyridine rings is 1. The van der Waals surface area contributed by atoms with Gasteiger partial charge in [-0.3, -0.25) is 4.98 Å². The quantitative estimate of drug-likeness (QED) is 0.211. The number of carbonyl (C=O) groups excluding carboxylic acids is 1. The molecule has 3 N–H and O–H groups in total. The number of unbranched alkanes of at least 4 members (excludes halogenated alkanes) is 3. The Morgan fingerprint density at radius 1 is 1.00 bits per heavy atom. The number of Topliss-reactive ketones (excluding diaryl/α,β-unsaturated/α-hetero) is 1. The van der Waals surface area contributed by atoms with E-state index in [1.165, 1.54) is 77.1 Å². The van der Waals surface area contributed by atoms with Gasteiger partial charge in [-0.05, 0) is 111 Å². The van der Waals surface area contributed by atoms with Gasteiger partial charge in [0.2, 0.25) is 0 Å². The molecule has 1 aromatic heterocycles. The highest BCUT2D eigenvalue weighted by atomic mass is 79.9. The Balaban J connectivity index is 0.000000582. The molecule has 2 atom stereocenters. The van der Waals surface area contributed by atoms with Crippen molar-refractivity contribution in [2.24, 2.45) is 5.92 Å². The van der Waals surface area contributed by atoms with E-state index in [2.05, 4.69) is 54.0 Å². The molecule has 39 heavy (non-hydrogen) atoms. The van der Waals surface area contributed by atoms with E-state index in [1.54, 1.807) is 0 Å². The standard InChI is InChI=1S/C24H32BrNO2.C4H9N.C3H6O.C2H2/c1-3-5-6-7-9-16(8-4-2)23-22-17(13-20(27)14-21(22)28)10-11-18-12-19(25)15-26-24(18)23;1-2-4-5-3-1;1-3(2)4;1-2/h12-16,23,27-28H,3-11H2,1-2H3;5H,1-4H2;1-2H3;1-2H. The number of fused-ring (bicyclic) bond motifs is 2. The average molecular weight is 602 g/mol. The number of phenols is 2. The summed E-state index contributed by atoms with van der Waals surface area (Å²) in [4.78, 5) is 14.3. The van der Waals surface area contributed by atoms with Gasteiger partial charge in [0.05, 0.1) is 5.69 Å². The van der Waals surface area contributed by atoms with E-state index in [9.17, 15) is 15.0 Å². The lowest BCUT2D eigenvalue weighted by Crippen LogP contribution is -2.18. The highest BCUT2D eigenvalue weighted by Gasteiger charge is 2.33. The summed E-state index contributed by atoms with van der Waals surface area (Å²) in [5.74, 6) is 1.06. The summed E-state index contributed by atoms with van der Waals surface area (Å²) in [7, 11) is 0. The predicted molar refractivity (Wildman–Crippen MR) is 166 cm³/mol. The van der Waals surface area contributed by atoms with E-state index in [4.69, 9.17) is 4.98 Å². The highest BCUT2D eigenvalue weighted by Crippen LogP contribution is 2.46. The number of halogens is 1. The summed E-state index contributed by atoms with van der Waals surface area (Å²) in [6.45, 7) is 10.0. The average Bonchev–Trinajstić information content (AvgIpc) is 3.44. The number of aromatic hydroxyl groups is 2. The minimum Gasteiger partial charge on any atom is -0.508 e. The van der Waals surface area contributed by atoms with Crippen LogP contribution in [0.2, 0.25) is 0 Å². The van der Waals surface area contributed by atoms with Crippen LogP contribution >= 0.6 is 15.9 Å². The molecule has 4 rings (SSSR count). The normalized spacial score (nSPS) is 15.9. The van der Waals surface area contributed by atoms with Gasteiger partial charge in [-0.1, -0.05) is 46.0 Å². The lowest BCUT2D eigenvalue weighted by molar-refractivity contribution is -0.115. The van der Waals surface area contributed by atoms with Crippen LogP contribution in [0.15, 0.2) is 28.9 Å². The predicted octanol–water partition coefficient (Wildman–Crippen LogP) is 8.09. The van der Waals surface area contributed by atoms with Crippen LogP contribution < -0.4 is 5.32 Å². The molecule has 1 saturated heterocycles. The van der Waals surface area contributed by atoms with Crippen molar-refractivity contribution in [3.05, 3.63) is 51.3 Å². The molecule has 2 aromatic rings. The summed E-state index contributed by atoms with van der Waals surface area (Å²) in [5, 5.41) is 24.1. The van der Waals surface area contributed by atoms with Gasteiger partial charge in [0.15, 0.2) is 0 Å². The lowest BCUT2D eigenvalue weighted by Gasteiger charge is -2.29. The molecule has 0 bridgehead atoms. The highest BCUT2D eigenvalue weighted by molar-refractivity contribution is 9.10. The van der Waals surface area contributed by atoms with Crippen LogP contribution in [0.5, 0.6) is 11.5 Å². The fourth-order valence-electron chi connectivity index (χ4n) is 5.39. The molecular weight excluding hydrogens is 552 g/mol. The molecule has 0 saturated carbocycles.